The van der Waals surface area contributed by atoms with Crippen LogP contribution in [0.3, 0.4) is 0 Å². The molecule has 0 bridgehead atoms. The van der Waals surface area contributed by atoms with E-state index in [0.717, 1.165) is 4.91 Å². The number of nitrogens with two attached hydrogens (primary N) is 1. The Labute approximate surface area is 126 Å². The number of nitrogens with zero attached hydrogens (tertiary/aromatic N) is 2. The van der Waals surface area contributed by atoms with Gasteiger partial charge in [0.2, 0.25) is 11.7 Å². The van der Waals surface area contributed by atoms with E-state index >= 15 is 0 Å². The SMILES string of the molecule is [CH2][SH]1C=CC=C1c1noc(CC(N)C(=O)OC(C)(C)C)n1. The monoisotopic (exact) mass is 310 g/mol. The molecule has 0 saturated carbocycles. The number of aromatic nitrogens is 2. The lowest BCUT2D eigenvalue weighted by atomic mass is 10.1. The minimum absolute atomic E-state index is 0.150. The molecule has 1 aliphatic rings. The van der Waals surface area contributed by atoms with Crippen molar-refractivity contribution in [3.8, 4) is 0 Å². The van der Waals surface area contributed by atoms with Gasteiger partial charge in [-0.1, -0.05) is 11.2 Å². The predicted molar refractivity (Wildman–Crippen MR) is 83.3 cm³/mol. The molecule has 0 aliphatic carbocycles. The molecule has 115 valence electrons. The molecule has 2 N–H and O–H groups in total. The minimum atomic E-state index is -0.825. The van der Waals surface area contributed by atoms with Gasteiger partial charge in [0.05, 0.1) is 6.42 Å². The van der Waals surface area contributed by atoms with E-state index in [1.165, 1.54) is 0 Å². The lowest BCUT2D eigenvalue weighted by Gasteiger charge is -2.21. The molecule has 0 amide bonds. The lowest BCUT2D eigenvalue weighted by molar-refractivity contribution is -0.156. The Morgan fingerprint density at radius 1 is 1.57 bits per heavy atom. The van der Waals surface area contributed by atoms with Gasteiger partial charge in [0.1, 0.15) is 11.6 Å². The van der Waals surface area contributed by atoms with Crippen LogP contribution in [0.15, 0.2) is 22.1 Å². The maximum absolute atomic E-state index is 11.8. The molecule has 6 nitrogen and oxygen atoms in total. The zero-order valence-electron chi connectivity index (χ0n) is 12.4. The molecule has 1 aliphatic heterocycles. The first kappa shape index (κ1) is 15.8. The normalized spacial score (nSPS) is 21.2. The Bertz CT molecular complexity index is 587. The molecular weight excluding hydrogens is 290 g/mol. The van der Waals surface area contributed by atoms with Crippen molar-refractivity contribution >= 4 is 21.8 Å². The number of ether oxygens (including phenoxy) is 1. The first-order chi connectivity index (χ1) is 9.76. The second-order valence-electron chi connectivity index (χ2n) is 5.72. The van der Waals surface area contributed by atoms with Gasteiger partial charge >= 0.3 is 5.97 Å². The molecule has 1 aromatic rings. The molecule has 0 spiro atoms. The predicted octanol–water partition coefficient (Wildman–Crippen LogP) is 1.94. The molecule has 2 heterocycles. The molecule has 7 heteroatoms. The highest BCUT2D eigenvalue weighted by molar-refractivity contribution is 8.28. The van der Waals surface area contributed by atoms with Gasteiger partial charge in [-0.25, -0.2) is 10.9 Å². The van der Waals surface area contributed by atoms with Crippen LogP contribution in [0.5, 0.6) is 0 Å². The van der Waals surface area contributed by atoms with Gasteiger partial charge < -0.3 is 15.0 Å². The minimum Gasteiger partial charge on any atom is -0.459 e. The summed E-state index contributed by atoms with van der Waals surface area (Å²) in [6, 6.07) is -0.825. The fraction of sp³-hybridized carbons (Fsp3) is 0.429. The van der Waals surface area contributed by atoms with Gasteiger partial charge in [-0.2, -0.15) is 4.98 Å². The average molecular weight is 310 g/mol. The van der Waals surface area contributed by atoms with Crippen molar-refractivity contribution < 1.29 is 14.1 Å². The maximum Gasteiger partial charge on any atom is 0.323 e. The van der Waals surface area contributed by atoms with Crippen LogP contribution >= 0.6 is 10.9 Å². The third-order valence-corrected chi connectivity index (χ3v) is 4.13. The van der Waals surface area contributed by atoms with Crippen LogP contribution < -0.4 is 5.73 Å². The van der Waals surface area contributed by atoms with E-state index < -0.39 is 28.5 Å². The number of hydrogen-bond acceptors (Lipinski definition) is 6. The Morgan fingerprint density at radius 3 is 2.86 bits per heavy atom. The fourth-order valence-corrected chi connectivity index (χ4v) is 2.79. The summed E-state index contributed by atoms with van der Waals surface area (Å²) >= 11 is 0. The number of rotatable bonds is 4. The van der Waals surface area contributed by atoms with Crippen LogP contribution in [0.2, 0.25) is 0 Å². The quantitative estimate of drug-likeness (QED) is 0.652. The Balaban J connectivity index is 1.98. The molecule has 2 rings (SSSR count). The fourth-order valence-electron chi connectivity index (χ4n) is 1.71. The topological polar surface area (TPSA) is 91.2 Å². The van der Waals surface area contributed by atoms with Crippen LogP contribution in [-0.2, 0) is 16.0 Å². The van der Waals surface area contributed by atoms with Gasteiger partial charge in [0.25, 0.3) is 0 Å². The molecule has 1 radical (unpaired) electrons. The molecular formula is C14H20N3O3S. The van der Waals surface area contributed by atoms with Crippen molar-refractivity contribution in [3.05, 3.63) is 35.5 Å². The van der Waals surface area contributed by atoms with Crippen molar-refractivity contribution in [2.75, 3.05) is 0 Å². The number of thiol groups is 1. The molecule has 0 fully saturated rings. The molecule has 1 aromatic heterocycles. The third kappa shape index (κ3) is 4.18. The number of carbonyl (C=O) groups is 1. The molecule has 0 saturated heterocycles. The maximum atomic E-state index is 11.8. The molecule has 2 unspecified atom stereocenters. The van der Waals surface area contributed by atoms with Crippen LogP contribution in [0.4, 0.5) is 0 Å². The van der Waals surface area contributed by atoms with Crippen molar-refractivity contribution in [3.63, 3.8) is 0 Å². The van der Waals surface area contributed by atoms with E-state index in [2.05, 4.69) is 16.4 Å². The Kier molecular flexibility index (Phi) is 4.53. The highest BCUT2D eigenvalue weighted by Gasteiger charge is 2.25. The molecule has 2 atom stereocenters. The van der Waals surface area contributed by atoms with E-state index in [9.17, 15) is 4.79 Å². The van der Waals surface area contributed by atoms with Crippen molar-refractivity contribution in [1.82, 2.24) is 10.1 Å². The highest BCUT2D eigenvalue weighted by Crippen LogP contribution is 2.44. The van der Waals surface area contributed by atoms with E-state index in [4.69, 9.17) is 15.0 Å². The average Bonchev–Trinajstić information content (AvgIpc) is 2.95. The van der Waals surface area contributed by atoms with Crippen LogP contribution in [0.25, 0.3) is 4.91 Å². The Hall–Kier alpha value is -1.60. The van der Waals surface area contributed by atoms with Crippen molar-refractivity contribution in [2.24, 2.45) is 5.73 Å². The summed E-state index contributed by atoms with van der Waals surface area (Å²) in [4.78, 5) is 17.0. The largest absolute Gasteiger partial charge is 0.459 e. The van der Waals surface area contributed by atoms with Crippen LogP contribution in [-0.4, -0.2) is 27.8 Å². The van der Waals surface area contributed by atoms with Gasteiger partial charge in [-0.15, -0.1) is 0 Å². The first-order valence-electron chi connectivity index (χ1n) is 6.56. The number of carbonyl (C=O) groups excluding carboxylic acids is 1. The first-order valence-corrected chi connectivity index (χ1v) is 8.15. The van der Waals surface area contributed by atoms with Gasteiger partial charge in [0.15, 0.2) is 0 Å². The molecule has 21 heavy (non-hydrogen) atoms. The van der Waals surface area contributed by atoms with Crippen molar-refractivity contribution in [2.45, 2.75) is 38.8 Å². The summed E-state index contributed by atoms with van der Waals surface area (Å²) in [5, 5.41) is 5.92. The van der Waals surface area contributed by atoms with E-state index in [1.807, 2.05) is 17.6 Å². The van der Waals surface area contributed by atoms with Gasteiger partial charge in [-0.3, -0.25) is 4.79 Å². The summed E-state index contributed by atoms with van der Waals surface area (Å²) in [5.41, 5.74) is 5.24. The lowest BCUT2D eigenvalue weighted by Crippen LogP contribution is -2.38. The van der Waals surface area contributed by atoms with Crippen molar-refractivity contribution in [1.29, 1.82) is 0 Å². The van der Waals surface area contributed by atoms with Gasteiger partial charge in [0, 0.05) is 4.91 Å². The standard InChI is InChI=1S/C14H20N3O3S/c1-14(2,3)19-13(18)9(15)8-11-16-12(17-20-11)10-6-5-7-21(10)4/h5-7,9,21H,4,8,15H2,1-3H3. The van der Waals surface area contributed by atoms with Gasteiger partial charge in [-0.05, 0) is 38.5 Å². The summed E-state index contributed by atoms with van der Waals surface area (Å²) in [7, 11) is -0.620. The summed E-state index contributed by atoms with van der Waals surface area (Å²) in [6.07, 6.45) is 8.02. The van der Waals surface area contributed by atoms with Crippen LogP contribution in [0, 0.1) is 6.26 Å². The van der Waals surface area contributed by atoms with E-state index in [-0.39, 0.29) is 6.42 Å². The number of esters is 1. The number of hydrogen-bond donors (Lipinski definition) is 2. The highest BCUT2D eigenvalue weighted by atomic mass is 32.2. The summed E-state index contributed by atoms with van der Waals surface area (Å²) < 4.78 is 10.4. The smallest absolute Gasteiger partial charge is 0.323 e. The number of allylic oxidation sites excluding steroid dienone is 2. The van der Waals surface area contributed by atoms with Crippen LogP contribution in [0.1, 0.15) is 32.5 Å². The second-order valence-corrected chi connectivity index (χ2v) is 7.44. The summed E-state index contributed by atoms with van der Waals surface area (Å²) in [5.74, 6) is 0.343. The third-order valence-electron chi connectivity index (χ3n) is 2.63. The second kappa shape index (κ2) is 6.03. The zero-order valence-corrected chi connectivity index (χ0v) is 13.3. The molecule has 0 aromatic carbocycles. The van der Waals surface area contributed by atoms with E-state index in [0.29, 0.717) is 11.7 Å². The zero-order chi connectivity index (χ0) is 15.6. The van der Waals surface area contributed by atoms with E-state index in [1.54, 1.807) is 20.8 Å². The Morgan fingerprint density at radius 2 is 2.29 bits per heavy atom. The summed E-state index contributed by atoms with van der Waals surface area (Å²) in [6.45, 7) is 5.37.